The highest BCUT2D eigenvalue weighted by molar-refractivity contribution is 5.55. The zero-order chi connectivity index (χ0) is 17.2. The lowest BCUT2D eigenvalue weighted by molar-refractivity contribution is 0.0250. The molecule has 1 unspecified atom stereocenters. The van der Waals surface area contributed by atoms with E-state index in [9.17, 15) is 4.79 Å². The fourth-order valence-corrected chi connectivity index (χ4v) is 2.86. The van der Waals surface area contributed by atoms with Crippen molar-refractivity contribution in [3.05, 3.63) is 59.2 Å². The number of hydrogen-bond acceptors (Lipinski definition) is 7. The second-order valence-electron chi connectivity index (χ2n) is 5.75. The number of ether oxygens (including phenoxy) is 1. The van der Waals surface area contributed by atoms with Gasteiger partial charge in [0.15, 0.2) is 0 Å². The quantitative estimate of drug-likeness (QED) is 0.713. The van der Waals surface area contributed by atoms with Crippen LogP contribution in [0, 0.1) is 0 Å². The van der Waals surface area contributed by atoms with Crippen LogP contribution in [-0.4, -0.2) is 39.2 Å². The van der Waals surface area contributed by atoms with Gasteiger partial charge in [-0.2, -0.15) is 0 Å². The van der Waals surface area contributed by atoms with Crippen LogP contribution in [0.4, 0.5) is 5.95 Å². The highest BCUT2D eigenvalue weighted by atomic mass is 16.5. The number of aromatic nitrogens is 4. The average molecular weight is 339 g/mol. The molecular formula is C17H17N5O3. The molecule has 1 saturated heterocycles. The van der Waals surface area contributed by atoms with E-state index < -0.39 is 0 Å². The van der Waals surface area contributed by atoms with E-state index in [1.165, 1.54) is 17.0 Å². The number of morpholine rings is 1. The monoisotopic (exact) mass is 339 g/mol. The summed E-state index contributed by atoms with van der Waals surface area (Å²) in [6.07, 6.45) is 4.50. The first-order chi connectivity index (χ1) is 12.2. The highest BCUT2D eigenvalue weighted by Crippen LogP contribution is 2.25. The first-order valence-electron chi connectivity index (χ1n) is 7.97. The van der Waals surface area contributed by atoms with Gasteiger partial charge in [-0.25, -0.2) is 15.0 Å². The molecule has 3 aromatic rings. The molecular weight excluding hydrogens is 322 g/mol. The van der Waals surface area contributed by atoms with Crippen LogP contribution in [0.15, 0.2) is 52.3 Å². The molecule has 1 aliphatic rings. The van der Waals surface area contributed by atoms with Gasteiger partial charge in [-0.1, -0.05) is 0 Å². The van der Waals surface area contributed by atoms with Crippen LogP contribution >= 0.6 is 0 Å². The van der Waals surface area contributed by atoms with Gasteiger partial charge in [-0.15, -0.1) is 0 Å². The predicted molar refractivity (Wildman–Crippen MR) is 90.1 cm³/mol. The summed E-state index contributed by atoms with van der Waals surface area (Å²) in [4.78, 5) is 27.2. The number of rotatable bonds is 3. The van der Waals surface area contributed by atoms with E-state index in [1.807, 2.05) is 17.0 Å². The van der Waals surface area contributed by atoms with Gasteiger partial charge in [0.1, 0.15) is 18.2 Å². The topological polar surface area (TPSA) is 86.3 Å². The van der Waals surface area contributed by atoms with Crippen LogP contribution in [-0.2, 0) is 11.8 Å². The molecule has 0 amide bonds. The molecule has 0 N–H and O–H groups in total. The molecule has 4 heterocycles. The molecule has 128 valence electrons. The Morgan fingerprint density at radius 1 is 1.28 bits per heavy atom. The second-order valence-corrected chi connectivity index (χ2v) is 5.75. The van der Waals surface area contributed by atoms with Crippen LogP contribution < -0.4 is 10.5 Å². The zero-order valence-electron chi connectivity index (χ0n) is 13.7. The van der Waals surface area contributed by atoms with Gasteiger partial charge in [-0.3, -0.25) is 9.36 Å². The molecule has 1 fully saturated rings. The van der Waals surface area contributed by atoms with Crippen molar-refractivity contribution in [3.63, 3.8) is 0 Å². The van der Waals surface area contributed by atoms with Gasteiger partial charge in [0, 0.05) is 25.9 Å². The molecule has 8 nitrogen and oxygen atoms in total. The maximum absolute atomic E-state index is 12.4. The minimum absolute atomic E-state index is 0.139. The number of nitrogens with zero attached hydrogens (tertiary/aromatic N) is 5. The van der Waals surface area contributed by atoms with Crippen LogP contribution in [0.1, 0.15) is 11.9 Å². The fraction of sp³-hybridized carbons (Fsp3) is 0.294. The second kappa shape index (κ2) is 6.48. The maximum Gasteiger partial charge on any atom is 0.255 e. The summed E-state index contributed by atoms with van der Waals surface area (Å²) in [6.45, 7) is 1.73. The third-order valence-corrected chi connectivity index (χ3v) is 4.17. The fourth-order valence-electron chi connectivity index (χ4n) is 2.86. The molecule has 0 radical (unpaired) electrons. The van der Waals surface area contributed by atoms with Crippen molar-refractivity contribution in [1.29, 1.82) is 0 Å². The van der Waals surface area contributed by atoms with E-state index in [4.69, 9.17) is 9.15 Å². The summed E-state index contributed by atoms with van der Waals surface area (Å²) in [5, 5.41) is 0. The van der Waals surface area contributed by atoms with E-state index in [-0.39, 0.29) is 11.7 Å². The Hall–Kier alpha value is -3.00. The Bertz CT molecular complexity index is 908. The van der Waals surface area contributed by atoms with Crippen molar-refractivity contribution < 1.29 is 9.15 Å². The largest absolute Gasteiger partial charge is 0.467 e. The molecule has 25 heavy (non-hydrogen) atoms. The molecule has 0 aliphatic carbocycles. The Kier molecular flexibility index (Phi) is 4.02. The van der Waals surface area contributed by atoms with Crippen LogP contribution in [0.25, 0.3) is 11.4 Å². The lowest BCUT2D eigenvalue weighted by Crippen LogP contribution is -2.41. The van der Waals surface area contributed by atoms with Crippen LogP contribution in [0.5, 0.6) is 0 Å². The molecule has 0 bridgehead atoms. The van der Waals surface area contributed by atoms with Crippen LogP contribution in [0.3, 0.4) is 0 Å². The van der Waals surface area contributed by atoms with Crippen molar-refractivity contribution >= 4 is 5.95 Å². The lowest BCUT2D eigenvalue weighted by atomic mass is 10.2. The minimum atomic E-state index is -0.191. The summed E-state index contributed by atoms with van der Waals surface area (Å²) < 4.78 is 12.8. The third-order valence-electron chi connectivity index (χ3n) is 4.17. The molecule has 1 atom stereocenters. The normalized spacial score (nSPS) is 17.6. The first kappa shape index (κ1) is 15.5. The molecule has 3 aromatic heterocycles. The van der Waals surface area contributed by atoms with E-state index in [0.29, 0.717) is 37.0 Å². The van der Waals surface area contributed by atoms with Crippen molar-refractivity contribution in [2.45, 2.75) is 6.10 Å². The van der Waals surface area contributed by atoms with Crippen molar-refractivity contribution in [1.82, 2.24) is 19.5 Å². The number of anilines is 1. The average Bonchev–Trinajstić information content (AvgIpc) is 3.19. The van der Waals surface area contributed by atoms with Gasteiger partial charge in [-0.05, 0) is 18.2 Å². The SMILES string of the molecule is Cn1c(N2CCOC(c3ccco3)C2)nc(-c2ccncn2)cc1=O. The van der Waals surface area contributed by atoms with E-state index in [2.05, 4.69) is 15.0 Å². The molecule has 0 saturated carbocycles. The molecule has 4 rings (SSSR count). The predicted octanol–water partition coefficient (Wildman–Crippen LogP) is 1.41. The van der Waals surface area contributed by atoms with Gasteiger partial charge >= 0.3 is 0 Å². The highest BCUT2D eigenvalue weighted by Gasteiger charge is 2.26. The standard InChI is InChI=1S/C17H17N5O3/c1-21-16(23)9-13(12-4-5-18-11-19-12)20-17(21)22-6-8-25-15(10-22)14-3-2-7-24-14/h2-5,7,9,11,15H,6,8,10H2,1H3. The van der Waals surface area contributed by atoms with E-state index >= 15 is 0 Å². The van der Waals surface area contributed by atoms with E-state index in [1.54, 1.807) is 25.6 Å². The van der Waals surface area contributed by atoms with E-state index in [0.717, 1.165) is 5.76 Å². The minimum Gasteiger partial charge on any atom is -0.467 e. The lowest BCUT2D eigenvalue weighted by Gasteiger charge is -2.33. The van der Waals surface area contributed by atoms with Crippen molar-refractivity contribution in [2.75, 3.05) is 24.6 Å². The smallest absolute Gasteiger partial charge is 0.255 e. The van der Waals surface area contributed by atoms with Gasteiger partial charge in [0.2, 0.25) is 5.95 Å². The van der Waals surface area contributed by atoms with Crippen molar-refractivity contribution in [3.8, 4) is 11.4 Å². The molecule has 0 aromatic carbocycles. The van der Waals surface area contributed by atoms with Crippen molar-refractivity contribution in [2.24, 2.45) is 7.05 Å². The third kappa shape index (κ3) is 3.03. The van der Waals surface area contributed by atoms with Gasteiger partial charge < -0.3 is 14.1 Å². The first-order valence-corrected chi connectivity index (χ1v) is 7.97. The maximum atomic E-state index is 12.4. The summed E-state index contributed by atoms with van der Waals surface area (Å²) in [7, 11) is 1.71. The number of hydrogen-bond donors (Lipinski definition) is 0. The summed E-state index contributed by atoms with van der Waals surface area (Å²) in [5.41, 5.74) is 1.01. The zero-order valence-corrected chi connectivity index (χ0v) is 13.7. The Morgan fingerprint density at radius 2 is 2.20 bits per heavy atom. The molecule has 8 heteroatoms. The Balaban J connectivity index is 1.69. The number of furan rings is 1. The Morgan fingerprint density at radius 3 is 2.96 bits per heavy atom. The van der Waals surface area contributed by atoms with Gasteiger partial charge in [0.05, 0.1) is 30.8 Å². The molecule has 0 spiro atoms. The molecule has 1 aliphatic heterocycles. The summed E-state index contributed by atoms with van der Waals surface area (Å²) in [6, 6.07) is 6.94. The summed E-state index contributed by atoms with van der Waals surface area (Å²) >= 11 is 0. The summed E-state index contributed by atoms with van der Waals surface area (Å²) in [5.74, 6) is 1.35. The van der Waals surface area contributed by atoms with Crippen LogP contribution in [0.2, 0.25) is 0 Å². The van der Waals surface area contributed by atoms with Gasteiger partial charge in [0.25, 0.3) is 5.56 Å². The Labute approximate surface area is 143 Å².